The van der Waals surface area contributed by atoms with Crippen molar-refractivity contribution in [3.8, 4) is 0 Å². The average molecular weight is 392 g/mol. The van der Waals surface area contributed by atoms with Gasteiger partial charge in [0.05, 0.1) is 0 Å². The summed E-state index contributed by atoms with van der Waals surface area (Å²) in [5, 5.41) is 4.26. The molecule has 0 radical (unpaired) electrons. The molecular formula is C19H26ClN5O2. The van der Waals surface area contributed by atoms with Gasteiger partial charge >= 0.3 is 6.03 Å². The Morgan fingerprint density at radius 1 is 1.26 bits per heavy atom. The summed E-state index contributed by atoms with van der Waals surface area (Å²) in [4.78, 5) is 33.1. The van der Waals surface area contributed by atoms with Gasteiger partial charge in [-0.15, -0.1) is 0 Å². The molecule has 8 heteroatoms. The third kappa shape index (κ3) is 2.71. The van der Waals surface area contributed by atoms with Crippen LogP contribution in [0.25, 0.3) is 0 Å². The highest BCUT2D eigenvalue weighted by molar-refractivity contribution is 6.31. The molecule has 3 fully saturated rings. The van der Waals surface area contributed by atoms with Crippen molar-refractivity contribution in [3.63, 3.8) is 0 Å². The fourth-order valence-corrected chi connectivity index (χ4v) is 4.77. The smallest absolute Gasteiger partial charge is 0.327 e. The Kier molecular flexibility index (Phi) is 4.56. The van der Waals surface area contributed by atoms with E-state index in [9.17, 15) is 9.59 Å². The molecule has 3 saturated heterocycles. The zero-order valence-corrected chi connectivity index (χ0v) is 16.9. The van der Waals surface area contributed by atoms with Crippen LogP contribution in [0, 0.1) is 12.8 Å². The normalized spacial score (nSPS) is 31.4. The number of urea groups is 1. The molecule has 146 valence electrons. The number of nitrogens with zero attached hydrogens (tertiary/aromatic N) is 4. The zero-order chi connectivity index (χ0) is 19.5. The van der Waals surface area contributed by atoms with E-state index < -0.39 is 0 Å². The molecule has 7 nitrogen and oxygen atoms in total. The van der Waals surface area contributed by atoms with Crippen molar-refractivity contribution in [1.82, 2.24) is 20.0 Å². The fourth-order valence-electron chi connectivity index (χ4n) is 4.60. The van der Waals surface area contributed by atoms with Crippen LogP contribution >= 0.6 is 11.6 Å². The van der Waals surface area contributed by atoms with E-state index in [1.165, 1.54) is 4.90 Å². The molecule has 0 aliphatic carbocycles. The lowest BCUT2D eigenvalue weighted by molar-refractivity contribution is -0.138. The molecule has 0 aromatic heterocycles. The van der Waals surface area contributed by atoms with Crippen molar-refractivity contribution in [2.24, 2.45) is 5.92 Å². The summed E-state index contributed by atoms with van der Waals surface area (Å²) in [7, 11) is 1.76. The molecule has 3 amide bonds. The summed E-state index contributed by atoms with van der Waals surface area (Å²) in [6, 6.07) is 5.30. The van der Waals surface area contributed by atoms with E-state index in [1.54, 1.807) is 11.9 Å². The lowest BCUT2D eigenvalue weighted by Crippen LogP contribution is -2.66. The topological polar surface area (TPSA) is 59.1 Å². The SMILES string of the molecule is CCN1C(=O)C2C(NC3N(c4cccc(Cl)c4C)CC(C)CN23)N(C)C1=O. The van der Waals surface area contributed by atoms with Crippen molar-refractivity contribution in [2.75, 3.05) is 31.6 Å². The Morgan fingerprint density at radius 2 is 2.00 bits per heavy atom. The number of anilines is 1. The van der Waals surface area contributed by atoms with Gasteiger partial charge in [0.2, 0.25) is 0 Å². The molecule has 0 bridgehead atoms. The molecule has 1 aromatic rings. The Morgan fingerprint density at radius 3 is 2.70 bits per heavy atom. The van der Waals surface area contributed by atoms with Crippen molar-refractivity contribution >= 4 is 29.2 Å². The first-order valence-corrected chi connectivity index (χ1v) is 9.84. The molecule has 3 aliphatic rings. The highest BCUT2D eigenvalue weighted by atomic mass is 35.5. The molecular weight excluding hydrogens is 366 g/mol. The third-order valence-corrected chi connectivity index (χ3v) is 6.36. The van der Waals surface area contributed by atoms with E-state index in [-0.39, 0.29) is 30.4 Å². The maximum absolute atomic E-state index is 13.1. The van der Waals surface area contributed by atoms with Crippen LogP contribution in [-0.2, 0) is 4.79 Å². The monoisotopic (exact) mass is 391 g/mol. The van der Waals surface area contributed by atoms with Gasteiger partial charge in [-0.25, -0.2) is 4.79 Å². The lowest BCUT2D eigenvalue weighted by Gasteiger charge is -2.46. The van der Waals surface area contributed by atoms with Gasteiger partial charge in [-0.1, -0.05) is 24.6 Å². The molecule has 0 saturated carbocycles. The highest BCUT2D eigenvalue weighted by Gasteiger charge is 2.56. The van der Waals surface area contributed by atoms with Crippen LogP contribution in [0.15, 0.2) is 18.2 Å². The van der Waals surface area contributed by atoms with Crippen molar-refractivity contribution in [1.29, 1.82) is 0 Å². The number of halogens is 1. The highest BCUT2D eigenvalue weighted by Crippen LogP contribution is 2.36. The molecule has 27 heavy (non-hydrogen) atoms. The second kappa shape index (κ2) is 6.65. The Balaban J connectivity index is 1.74. The number of fused-ring (bicyclic) bond motifs is 3. The molecule has 3 heterocycles. The standard InChI is InChI=1S/C19H26ClN5O2/c1-5-23-17(26)15-16(22(4)19(23)27)21-18-24(9-11(2)10-25(15)18)14-8-6-7-13(20)12(14)3/h6-8,11,15-16,18,21H,5,9-10H2,1-4H3. The van der Waals surface area contributed by atoms with Gasteiger partial charge in [0.15, 0.2) is 0 Å². The van der Waals surface area contributed by atoms with Gasteiger partial charge < -0.3 is 9.80 Å². The van der Waals surface area contributed by atoms with Gasteiger partial charge in [-0.05, 0) is 37.5 Å². The molecule has 4 rings (SSSR count). The average Bonchev–Trinajstić information content (AvgIpc) is 3.02. The van der Waals surface area contributed by atoms with Crippen LogP contribution in [0.3, 0.4) is 0 Å². The summed E-state index contributed by atoms with van der Waals surface area (Å²) in [6.07, 6.45) is -0.477. The van der Waals surface area contributed by atoms with E-state index in [4.69, 9.17) is 11.6 Å². The first-order valence-electron chi connectivity index (χ1n) is 9.46. The Labute approximate surface area is 164 Å². The number of hydrogen-bond donors (Lipinski definition) is 1. The Bertz CT molecular complexity index is 787. The van der Waals surface area contributed by atoms with Crippen LogP contribution in [0.2, 0.25) is 5.02 Å². The van der Waals surface area contributed by atoms with E-state index in [2.05, 4.69) is 28.1 Å². The van der Waals surface area contributed by atoms with Crippen molar-refractivity contribution < 1.29 is 9.59 Å². The number of carbonyl (C=O) groups excluding carboxylic acids is 2. The summed E-state index contributed by atoms with van der Waals surface area (Å²) in [5.74, 6) is 0.267. The molecule has 4 atom stereocenters. The second-order valence-corrected chi connectivity index (χ2v) is 8.15. The molecule has 4 unspecified atom stereocenters. The second-order valence-electron chi connectivity index (χ2n) is 7.74. The van der Waals surface area contributed by atoms with Crippen LogP contribution in [0.5, 0.6) is 0 Å². The predicted molar refractivity (Wildman–Crippen MR) is 104 cm³/mol. The number of nitrogens with one attached hydrogen (secondary N) is 1. The number of imide groups is 1. The minimum Gasteiger partial charge on any atom is -0.343 e. The first kappa shape index (κ1) is 18.5. The molecule has 3 aliphatic heterocycles. The zero-order valence-electron chi connectivity index (χ0n) is 16.1. The number of benzene rings is 1. The van der Waals surface area contributed by atoms with Gasteiger partial charge in [-0.3, -0.25) is 19.9 Å². The van der Waals surface area contributed by atoms with E-state index in [1.807, 2.05) is 26.0 Å². The van der Waals surface area contributed by atoms with Gasteiger partial charge in [0.25, 0.3) is 5.91 Å². The molecule has 0 spiro atoms. The summed E-state index contributed by atoms with van der Waals surface area (Å²) in [6.45, 7) is 8.10. The van der Waals surface area contributed by atoms with Crippen LogP contribution in [0.1, 0.15) is 19.4 Å². The fraction of sp³-hybridized carbons (Fsp3) is 0.579. The minimum atomic E-state index is -0.373. The number of carbonyl (C=O) groups is 2. The van der Waals surface area contributed by atoms with Crippen LogP contribution < -0.4 is 10.2 Å². The quantitative estimate of drug-likeness (QED) is 0.834. The lowest BCUT2D eigenvalue weighted by atomic mass is 10.0. The molecule has 1 aromatic carbocycles. The van der Waals surface area contributed by atoms with Crippen molar-refractivity contribution in [3.05, 3.63) is 28.8 Å². The number of likely N-dealkylation sites (N-methyl/N-ethyl adjacent to an activating group) is 2. The van der Waals surface area contributed by atoms with Crippen molar-refractivity contribution in [2.45, 2.75) is 39.3 Å². The van der Waals surface area contributed by atoms with Crippen LogP contribution in [0.4, 0.5) is 10.5 Å². The molecule has 1 N–H and O–H groups in total. The summed E-state index contributed by atoms with van der Waals surface area (Å²) < 4.78 is 0. The van der Waals surface area contributed by atoms with Gasteiger partial charge in [0.1, 0.15) is 18.5 Å². The first-order chi connectivity index (χ1) is 12.8. The number of rotatable bonds is 2. The van der Waals surface area contributed by atoms with E-state index in [0.717, 1.165) is 29.4 Å². The predicted octanol–water partition coefficient (Wildman–Crippen LogP) is 1.90. The largest absolute Gasteiger partial charge is 0.343 e. The summed E-state index contributed by atoms with van der Waals surface area (Å²) >= 11 is 6.36. The summed E-state index contributed by atoms with van der Waals surface area (Å²) in [5.41, 5.74) is 2.08. The van der Waals surface area contributed by atoms with E-state index >= 15 is 0 Å². The van der Waals surface area contributed by atoms with Gasteiger partial charge in [0, 0.05) is 37.4 Å². The maximum atomic E-state index is 13.1. The Hall–Kier alpha value is -1.83. The van der Waals surface area contributed by atoms with E-state index in [0.29, 0.717) is 12.5 Å². The maximum Gasteiger partial charge on any atom is 0.327 e. The number of hydrogen-bond acceptors (Lipinski definition) is 5. The number of amides is 3. The van der Waals surface area contributed by atoms with Gasteiger partial charge in [-0.2, -0.15) is 0 Å². The third-order valence-electron chi connectivity index (χ3n) is 5.95. The van der Waals surface area contributed by atoms with Crippen LogP contribution in [-0.4, -0.2) is 71.8 Å². The minimum absolute atomic E-state index is 0.113.